The maximum atomic E-state index is 13.4. The lowest BCUT2D eigenvalue weighted by molar-refractivity contribution is -0.938. The number of rotatable bonds is 4. The van der Waals surface area contributed by atoms with Crippen LogP contribution in [0, 0.1) is 0 Å². The van der Waals surface area contributed by atoms with E-state index in [-0.39, 0.29) is 9.75 Å². The van der Waals surface area contributed by atoms with E-state index >= 15 is 0 Å². The van der Waals surface area contributed by atoms with Crippen molar-refractivity contribution in [1.29, 1.82) is 0 Å². The molecule has 5 rings (SSSR count). The highest BCUT2D eigenvalue weighted by atomic mass is 32.1. The molecule has 2 aromatic rings. The van der Waals surface area contributed by atoms with Crippen LogP contribution in [0.1, 0.15) is 36.3 Å². The topological polar surface area (TPSA) is 59.1 Å². The smallest absolute Gasteiger partial charge is 0.349 e. The Bertz CT molecular complexity index is 1120. The van der Waals surface area contributed by atoms with Gasteiger partial charge in [0.1, 0.15) is 30.3 Å². The zero-order chi connectivity index (χ0) is 26.8. The lowest BCUT2D eigenvalue weighted by Gasteiger charge is -2.45. The first-order valence-corrected chi connectivity index (χ1v) is 9.74. The summed E-state index contributed by atoms with van der Waals surface area (Å²) in [5, 5.41) is 14.8. The predicted octanol–water partition coefficient (Wildman–Crippen LogP) is 2.35. The molecule has 0 spiro atoms. The number of ether oxygens (including phenoxy) is 2. The van der Waals surface area contributed by atoms with Gasteiger partial charge in [-0.25, -0.2) is 4.79 Å². The van der Waals surface area contributed by atoms with Crippen molar-refractivity contribution in [3.63, 3.8) is 0 Å². The third-order valence-electron chi connectivity index (χ3n) is 4.87. The van der Waals surface area contributed by atoms with Crippen molar-refractivity contribution in [2.75, 3.05) is 14.0 Å². The molecule has 7 heteroatoms. The van der Waals surface area contributed by atoms with Crippen LogP contribution in [0.2, 0.25) is 0 Å². The molecule has 0 saturated carbocycles. The number of aliphatic hydroxyl groups is 1. The van der Waals surface area contributed by atoms with Crippen LogP contribution in [-0.4, -0.2) is 59.8 Å². The van der Waals surface area contributed by atoms with Gasteiger partial charge in [-0.05, 0) is 22.9 Å². The van der Waals surface area contributed by atoms with Crippen LogP contribution in [-0.2, 0) is 19.9 Å². The summed E-state index contributed by atoms with van der Waals surface area (Å²) < 4.78 is 92.6. The van der Waals surface area contributed by atoms with Crippen LogP contribution >= 0.6 is 22.7 Å². The van der Waals surface area contributed by atoms with E-state index < -0.39 is 73.1 Å². The Kier molecular flexibility index (Phi) is 2.01. The summed E-state index contributed by atoms with van der Waals surface area (Å²) in [6, 6.07) is 0.531. The molecule has 0 aromatic carbocycles. The number of quaternary nitrogens is 1. The number of likely N-dealkylation sites (N-methyl/N-ethyl adjacent to an activating group) is 1. The Morgan fingerprint density at radius 1 is 1.27 bits per heavy atom. The lowest BCUT2D eigenvalue weighted by atomic mass is 9.95. The number of fused-ring (bicyclic) bond motifs is 5. The van der Waals surface area contributed by atoms with E-state index in [1.54, 1.807) is 22.9 Å². The van der Waals surface area contributed by atoms with Crippen LogP contribution in [0.15, 0.2) is 35.0 Å². The molecule has 138 valence electrons. The summed E-state index contributed by atoms with van der Waals surface area (Å²) in [5.41, 5.74) is -2.24. The molecule has 2 aromatic heterocycles. The van der Waals surface area contributed by atoms with E-state index in [0.29, 0.717) is 0 Å². The van der Waals surface area contributed by atoms with Gasteiger partial charge in [-0.3, -0.25) is 0 Å². The van der Waals surface area contributed by atoms with Gasteiger partial charge >= 0.3 is 5.97 Å². The summed E-state index contributed by atoms with van der Waals surface area (Å²) in [6.07, 6.45) is -8.36. The zero-order valence-electron chi connectivity index (χ0n) is 23.4. The third-order valence-corrected chi connectivity index (χ3v) is 6.83. The first-order valence-electron chi connectivity index (χ1n) is 13.0. The maximum Gasteiger partial charge on any atom is 0.349 e. The second kappa shape index (κ2) is 5.62. The zero-order valence-corrected chi connectivity index (χ0v) is 15.0. The highest BCUT2D eigenvalue weighted by Gasteiger charge is 2.71. The fraction of sp³-hybridized carbons (Fsp3) is 0.526. The van der Waals surface area contributed by atoms with Gasteiger partial charge < -0.3 is 19.1 Å². The summed E-state index contributed by atoms with van der Waals surface area (Å²) in [4.78, 5) is 13.9. The highest BCUT2D eigenvalue weighted by Crippen LogP contribution is 2.52. The molecule has 3 aliphatic heterocycles. The van der Waals surface area contributed by atoms with Crippen LogP contribution < -0.4 is 0 Å². The number of carbonyl (C=O) groups excluding carboxylic acids is 1. The minimum absolute atomic E-state index is 0.241. The molecule has 5 nitrogen and oxygen atoms in total. The predicted molar refractivity (Wildman–Crippen MR) is 99.1 cm³/mol. The van der Waals surface area contributed by atoms with E-state index in [9.17, 15) is 9.90 Å². The van der Waals surface area contributed by atoms with E-state index in [4.69, 9.17) is 23.2 Å². The van der Waals surface area contributed by atoms with Gasteiger partial charge in [0.05, 0.1) is 37.4 Å². The van der Waals surface area contributed by atoms with Crippen molar-refractivity contribution >= 4 is 28.6 Å². The highest BCUT2D eigenvalue weighted by molar-refractivity contribution is 7.12. The number of nitrogens with zero attached hydrogens (tertiary/aromatic N) is 1. The number of thiophene rings is 2. The third kappa shape index (κ3) is 2.28. The Labute approximate surface area is 174 Å². The number of epoxide rings is 1. The number of hydrogen-bond donors (Lipinski definition) is 1. The monoisotopic (exact) mass is 402 g/mol. The quantitative estimate of drug-likeness (QED) is 0.485. The van der Waals surface area contributed by atoms with E-state index in [1.165, 1.54) is 12.1 Å². The molecule has 1 N–H and O–H groups in total. The molecule has 3 fully saturated rings. The van der Waals surface area contributed by atoms with Gasteiger partial charge in [0.2, 0.25) is 5.60 Å². The summed E-state index contributed by atoms with van der Waals surface area (Å²) in [6.45, 7) is -7.01. The Morgan fingerprint density at radius 3 is 2.31 bits per heavy atom. The number of carbonyl (C=O) groups is 1. The van der Waals surface area contributed by atoms with E-state index in [2.05, 4.69) is 0 Å². The fourth-order valence-corrected chi connectivity index (χ4v) is 5.21. The first-order chi connectivity index (χ1) is 16.4. The largest absolute Gasteiger partial charge is 0.459 e. The van der Waals surface area contributed by atoms with Gasteiger partial charge in [-0.15, -0.1) is 22.7 Å². The van der Waals surface area contributed by atoms with Crippen LogP contribution in [0.5, 0.6) is 0 Å². The standard InChI is InChI=1S/C19H22NO4S2/c1-20(2)12-9-11(10-13(20)17-16(12)24-17)23-18(21)19(22,14-5-3-7-25-14)15-6-4-8-26-15/h3-8,11-13,16-17,22H,9-10H2,1-2H3/q+1/i1D3,2D3,12D,13D,16D,17D. The molecular formula is C19H22NO4S2+. The van der Waals surface area contributed by atoms with Gasteiger partial charge in [0, 0.05) is 12.8 Å². The number of morpholine rings is 1. The van der Waals surface area contributed by atoms with Crippen molar-refractivity contribution in [3.8, 4) is 0 Å². The normalized spacial score (nSPS) is 52.3. The number of esters is 1. The maximum absolute atomic E-state index is 13.4. The summed E-state index contributed by atoms with van der Waals surface area (Å²) >= 11 is 2.19. The molecule has 0 radical (unpaired) electrons. The van der Waals surface area contributed by atoms with Crippen molar-refractivity contribution in [3.05, 3.63) is 44.8 Å². The minimum Gasteiger partial charge on any atom is -0.459 e. The SMILES string of the molecule is [2H]C12OC1([2H])C1([2H])CC(OC(=O)C(O)(c3cccs3)c3cccs3)CC2([2H])[N+]1(C([2H])([2H])[2H])C([2H])([2H])[2H]. The average Bonchev–Trinajstić information content (AvgIpc) is 3.22. The van der Waals surface area contributed by atoms with E-state index in [0.717, 1.165) is 22.7 Å². The molecule has 4 atom stereocenters. The van der Waals surface area contributed by atoms with Crippen LogP contribution in [0.3, 0.4) is 0 Å². The van der Waals surface area contributed by atoms with Crippen molar-refractivity contribution < 1.29 is 37.6 Å². The molecular weight excluding hydrogens is 370 g/mol. The second-order valence-corrected chi connectivity index (χ2v) is 8.32. The first kappa shape index (κ1) is 9.30. The molecule has 4 unspecified atom stereocenters. The van der Waals surface area contributed by atoms with Crippen molar-refractivity contribution in [2.24, 2.45) is 0 Å². The van der Waals surface area contributed by atoms with Crippen molar-refractivity contribution in [2.45, 2.75) is 48.7 Å². The summed E-state index contributed by atoms with van der Waals surface area (Å²) in [7, 11) is 0. The second-order valence-electron chi connectivity index (χ2n) is 6.43. The Balaban J connectivity index is 1.59. The molecule has 2 bridgehead atoms. The molecule has 0 amide bonds. The average molecular weight is 403 g/mol. The van der Waals surface area contributed by atoms with Gasteiger partial charge in [0.25, 0.3) is 0 Å². The number of hydrogen-bond acceptors (Lipinski definition) is 6. The molecule has 3 aliphatic rings. The van der Waals surface area contributed by atoms with Gasteiger partial charge in [-0.1, -0.05) is 12.1 Å². The molecule has 0 aliphatic carbocycles. The lowest BCUT2D eigenvalue weighted by Crippen LogP contribution is -2.60. The Morgan fingerprint density at radius 2 is 1.85 bits per heavy atom. The molecule has 26 heavy (non-hydrogen) atoms. The van der Waals surface area contributed by atoms with Crippen LogP contribution in [0.25, 0.3) is 0 Å². The van der Waals surface area contributed by atoms with Gasteiger partial charge in [-0.2, -0.15) is 0 Å². The van der Waals surface area contributed by atoms with Crippen molar-refractivity contribution in [1.82, 2.24) is 0 Å². The fourth-order valence-electron chi connectivity index (χ4n) is 3.50. The molecule has 5 heterocycles. The minimum atomic E-state index is -3.50. The number of piperidine rings is 1. The molecule has 3 saturated heterocycles. The summed E-state index contributed by atoms with van der Waals surface area (Å²) in [5.74, 6) is -1.15. The Hall–Kier alpha value is -1.25. The van der Waals surface area contributed by atoms with Gasteiger partial charge in [0.15, 0.2) is 0 Å². The van der Waals surface area contributed by atoms with Crippen LogP contribution in [0.4, 0.5) is 0 Å². The van der Waals surface area contributed by atoms with E-state index in [1.807, 2.05) is 0 Å².